The van der Waals surface area contributed by atoms with Crippen molar-refractivity contribution in [3.8, 4) is 0 Å². The summed E-state index contributed by atoms with van der Waals surface area (Å²) in [6, 6.07) is 18.8. The molecule has 2 aromatic carbocycles. The lowest BCUT2D eigenvalue weighted by Gasteiger charge is -2.46. The molecule has 0 atom stereocenters. The van der Waals surface area contributed by atoms with Crippen LogP contribution in [0.4, 0.5) is 0 Å². The highest BCUT2D eigenvalue weighted by Gasteiger charge is 2.38. The van der Waals surface area contributed by atoms with E-state index in [1.54, 1.807) is 0 Å². The van der Waals surface area contributed by atoms with Crippen LogP contribution in [0.1, 0.15) is 36.8 Å². The zero-order valence-electron chi connectivity index (χ0n) is 20.6. The fourth-order valence-corrected chi connectivity index (χ4v) is 5.30. The van der Waals surface area contributed by atoms with Crippen LogP contribution < -0.4 is 5.32 Å². The van der Waals surface area contributed by atoms with Gasteiger partial charge in [0.15, 0.2) is 0 Å². The summed E-state index contributed by atoms with van der Waals surface area (Å²) < 4.78 is 2.10. The van der Waals surface area contributed by atoms with Crippen molar-refractivity contribution in [2.24, 2.45) is 7.05 Å². The highest BCUT2D eigenvalue weighted by molar-refractivity contribution is 5.85. The average molecular weight is 461 g/mol. The van der Waals surface area contributed by atoms with Crippen LogP contribution >= 0.6 is 0 Å². The van der Waals surface area contributed by atoms with E-state index >= 15 is 0 Å². The summed E-state index contributed by atoms with van der Waals surface area (Å²) in [7, 11) is 6.27. The second-order valence-corrected chi connectivity index (χ2v) is 9.56. The second kappa shape index (κ2) is 10.4. The number of hydrogen-bond donors (Lipinski definition) is 1. The fourth-order valence-electron chi connectivity index (χ4n) is 5.30. The summed E-state index contributed by atoms with van der Waals surface area (Å²) in [6.45, 7) is 1.86. The number of hydrogen-bond acceptors (Lipinski definition) is 3. The normalized spacial score (nSPS) is 15.6. The summed E-state index contributed by atoms with van der Waals surface area (Å²) in [5.41, 5.74) is 3.63. The topological polar surface area (TPSA) is 57.6 Å². The number of benzene rings is 2. The van der Waals surface area contributed by atoms with Gasteiger partial charge >= 0.3 is 0 Å². The second-order valence-electron chi connectivity index (χ2n) is 9.56. The number of nitrogens with one attached hydrogen (secondary N) is 1. The van der Waals surface area contributed by atoms with E-state index in [1.165, 1.54) is 22.0 Å². The SMILES string of the molecule is CN(C)C1(c2ccccc2)CCN(C(=O)CCNC(=O)CCc2cn(C)c3ccccc23)CC1. The third kappa shape index (κ3) is 5.02. The molecular weight excluding hydrogens is 424 g/mol. The lowest BCUT2D eigenvalue weighted by Crippen LogP contribution is -2.52. The minimum Gasteiger partial charge on any atom is -0.356 e. The summed E-state index contributed by atoms with van der Waals surface area (Å²) in [5, 5.41) is 4.13. The van der Waals surface area contributed by atoms with E-state index in [9.17, 15) is 9.59 Å². The largest absolute Gasteiger partial charge is 0.356 e. The number of aryl methyl sites for hydroxylation is 2. The van der Waals surface area contributed by atoms with Gasteiger partial charge in [-0.2, -0.15) is 0 Å². The molecule has 180 valence electrons. The third-order valence-corrected chi connectivity index (χ3v) is 7.37. The van der Waals surface area contributed by atoms with Gasteiger partial charge in [0.2, 0.25) is 11.8 Å². The maximum atomic E-state index is 12.8. The number of rotatable bonds is 8. The van der Waals surface area contributed by atoms with E-state index in [-0.39, 0.29) is 17.4 Å². The number of amides is 2. The Kier molecular flexibility index (Phi) is 7.37. The molecule has 0 aliphatic carbocycles. The molecule has 2 amide bonds. The molecule has 0 spiro atoms. The van der Waals surface area contributed by atoms with E-state index in [0.717, 1.165) is 25.9 Å². The van der Waals surface area contributed by atoms with Gasteiger partial charge in [-0.15, -0.1) is 0 Å². The molecule has 1 aromatic heterocycles. The van der Waals surface area contributed by atoms with Gasteiger partial charge in [-0.1, -0.05) is 48.5 Å². The predicted molar refractivity (Wildman–Crippen MR) is 136 cm³/mol. The molecule has 6 nitrogen and oxygen atoms in total. The van der Waals surface area contributed by atoms with Crippen molar-refractivity contribution in [1.29, 1.82) is 0 Å². The molecule has 1 N–H and O–H groups in total. The number of fused-ring (bicyclic) bond motifs is 1. The van der Waals surface area contributed by atoms with Gasteiger partial charge in [0.25, 0.3) is 0 Å². The van der Waals surface area contributed by atoms with Crippen molar-refractivity contribution in [3.63, 3.8) is 0 Å². The van der Waals surface area contributed by atoms with Crippen molar-refractivity contribution in [2.45, 2.75) is 37.6 Å². The van der Waals surface area contributed by atoms with Gasteiger partial charge in [-0.25, -0.2) is 0 Å². The molecule has 4 rings (SSSR count). The van der Waals surface area contributed by atoms with Gasteiger partial charge in [0.05, 0.1) is 0 Å². The number of likely N-dealkylation sites (tertiary alicyclic amines) is 1. The lowest BCUT2D eigenvalue weighted by molar-refractivity contribution is -0.133. The molecule has 0 saturated carbocycles. The van der Waals surface area contributed by atoms with Gasteiger partial charge in [-0.3, -0.25) is 14.5 Å². The van der Waals surface area contributed by atoms with E-state index in [4.69, 9.17) is 0 Å². The van der Waals surface area contributed by atoms with E-state index in [1.807, 2.05) is 30.1 Å². The van der Waals surface area contributed by atoms with Crippen LogP contribution in [0.3, 0.4) is 0 Å². The number of nitrogens with zero attached hydrogens (tertiary/aromatic N) is 3. The van der Waals surface area contributed by atoms with Gasteiger partial charge < -0.3 is 14.8 Å². The minimum atomic E-state index is -0.0339. The fraction of sp³-hybridized carbons (Fsp3) is 0.429. The Morgan fingerprint density at radius 2 is 1.65 bits per heavy atom. The van der Waals surface area contributed by atoms with Gasteiger partial charge in [0, 0.05) is 62.2 Å². The van der Waals surface area contributed by atoms with Crippen LogP contribution in [0, 0.1) is 0 Å². The Bertz CT molecular complexity index is 1130. The lowest BCUT2D eigenvalue weighted by atomic mass is 9.79. The number of para-hydroxylation sites is 1. The molecule has 1 saturated heterocycles. The highest BCUT2D eigenvalue weighted by Crippen LogP contribution is 2.37. The first-order valence-corrected chi connectivity index (χ1v) is 12.2. The van der Waals surface area contributed by atoms with Gasteiger partial charge in [0.1, 0.15) is 0 Å². The Labute approximate surface area is 202 Å². The predicted octanol–water partition coefficient (Wildman–Crippen LogP) is 3.70. The Balaban J connectivity index is 1.22. The van der Waals surface area contributed by atoms with Crippen LogP contribution in [0.5, 0.6) is 0 Å². The average Bonchev–Trinajstić information content (AvgIpc) is 3.18. The first kappa shape index (κ1) is 24.0. The number of carbonyl (C=O) groups excluding carboxylic acids is 2. The van der Waals surface area contributed by atoms with Crippen LogP contribution in [0.25, 0.3) is 10.9 Å². The number of aromatic nitrogens is 1. The van der Waals surface area contributed by atoms with Crippen molar-refractivity contribution in [1.82, 2.24) is 19.7 Å². The molecular formula is C28H36N4O2. The molecule has 0 radical (unpaired) electrons. The molecule has 3 aromatic rings. The smallest absolute Gasteiger partial charge is 0.224 e. The zero-order chi connectivity index (χ0) is 24.1. The third-order valence-electron chi connectivity index (χ3n) is 7.37. The molecule has 2 heterocycles. The Hall–Kier alpha value is -3.12. The van der Waals surface area contributed by atoms with Crippen LogP contribution in [0.2, 0.25) is 0 Å². The standard InChI is InChI=1S/C28H36N4O2/c1-30(2)28(23-9-5-4-6-10-23)16-19-32(20-17-28)27(34)15-18-29-26(33)14-13-22-21-31(3)25-12-8-7-11-24(22)25/h4-12,21H,13-20H2,1-3H3,(H,29,33). The Morgan fingerprint density at radius 3 is 2.35 bits per heavy atom. The molecule has 0 bridgehead atoms. The van der Waals surface area contributed by atoms with Crippen LogP contribution in [-0.2, 0) is 28.6 Å². The summed E-state index contributed by atoms with van der Waals surface area (Å²) in [5.74, 6) is 0.116. The highest BCUT2D eigenvalue weighted by atomic mass is 16.2. The summed E-state index contributed by atoms with van der Waals surface area (Å²) in [6.07, 6.45) is 5.38. The maximum absolute atomic E-state index is 12.8. The quantitative estimate of drug-likeness (QED) is 0.558. The van der Waals surface area contributed by atoms with Crippen molar-refractivity contribution in [2.75, 3.05) is 33.7 Å². The summed E-state index contributed by atoms with van der Waals surface area (Å²) >= 11 is 0. The molecule has 0 unspecified atom stereocenters. The van der Waals surface area contributed by atoms with E-state index in [0.29, 0.717) is 25.8 Å². The number of carbonyl (C=O) groups is 2. The molecule has 34 heavy (non-hydrogen) atoms. The Morgan fingerprint density at radius 1 is 0.971 bits per heavy atom. The first-order chi connectivity index (χ1) is 16.4. The molecule has 6 heteroatoms. The first-order valence-electron chi connectivity index (χ1n) is 12.2. The monoisotopic (exact) mass is 460 g/mol. The minimum absolute atomic E-state index is 0.00455. The molecule has 1 aliphatic heterocycles. The molecule has 1 aliphatic rings. The van der Waals surface area contributed by atoms with Gasteiger partial charge in [-0.05, 0) is 50.6 Å². The van der Waals surface area contributed by atoms with Crippen LogP contribution in [0.15, 0.2) is 60.8 Å². The van der Waals surface area contributed by atoms with E-state index < -0.39 is 0 Å². The van der Waals surface area contributed by atoms with Crippen LogP contribution in [-0.4, -0.2) is 59.9 Å². The number of piperidine rings is 1. The van der Waals surface area contributed by atoms with Crippen molar-refractivity contribution < 1.29 is 9.59 Å². The maximum Gasteiger partial charge on any atom is 0.224 e. The molecule has 1 fully saturated rings. The zero-order valence-corrected chi connectivity index (χ0v) is 20.6. The van der Waals surface area contributed by atoms with Crippen molar-refractivity contribution in [3.05, 3.63) is 71.9 Å². The van der Waals surface area contributed by atoms with E-state index in [2.05, 4.69) is 71.5 Å². The summed E-state index contributed by atoms with van der Waals surface area (Å²) in [4.78, 5) is 29.4. The van der Waals surface area contributed by atoms with Crippen molar-refractivity contribution >= 4 is 22.7 Å².